The van der Waals surface area contributed by atoms with Gasteiger partial charge in [0.2, 0.25) is 0 Å². The molecule has 1 spiro atoms. The molecule has 6 bridgehead atoms. The minimum Gasteiger partial charge on any atom is -0.508 e. The van der Waals surface area contributed by atoms with E-state index in [1.165, 1.54) is 0 Å². The lowest BCUT2D eigenvalue weighted by molar-refractivity contribution is -0.140. The van der Waals surface area contributed by atoms with Gasteiger partial charge in [-0.2, -0.15) is 0 Å². The van der Waals surface area contributed by atoms with Crippen molar-refractivity contribution >= 4 is 5.97 Å². The van der Waals surface area contributed by atoms with Gasteiger partial charge in [-0.05, 0) is 161 Å². The fraction of sp³-hybridized carbons (Fsp3) is 0.621. The zero-order chi connectivity index (χ0) is 55.7. The number of aliphatic hydroxyl groups excluding tert-OH is 6. The number of aliphatic hydroxyl groups is 7. The highest BCUT2D eigenvalue weighted by atomic mass is 16.4. The molecule has 12 heteroatoms. The van der Waals surface area contributed by atoms with E-state index in [-0.39, 0.29) is 50.3 Å². The Bertz CT molecular complexity index is 2550. The third-order valence-corrected chi connectivity index (χ3v) is 19.7. The molecule has 0 radical (unpaired) electrons. The molecule has 78 heavy (non-hydrogen) atoms. The molecule has 3 fully saturated rings. The van der Waals surface area contributed by atoms with Crippen molar-refractivity contribution in [3.63, 3.8) is 0 Å². The first-order valence-electron chi connectivity index (χ1n) is 29.8. The highest BCUT2D eigenvalue weighted by molar-refractivity contribution is 5.67. The lowest BCUT2D eigenvalue weighted by Gasteiger charge is -2.59. The van der Waals surface area contributed by atoms with Gasteiger partial charge in [0.05, 0.1) is 54.7 Å². The number of nitrogens with one attached hydrogen (secondary N) is 2. The van der Waals surface area contributed by atoms with Crippen molar-refractivity contribution in [3.05, 3.63) is 124 Å². The first kappa shape index (κ1) is 59.7. The van der Waals surface area contributed by atoms with E-state index in [9.17, 15) is 50.8 Å². The largest absolute Gasteiger partial charge is 0.508 e. The van der Waals surface area contributed by atoms with Crippen LogP contribution < -0.4 is 10.6 Å². The molecule has 4 aliphatic heterocycles. The van der Waals surface area contributed by atoms with Crippen molar-refractivity contribution in [2.24, 2.45) is 11.8 Å². The second kappa shape index (κ2) is 26.5. The molecular formula is C66H92N2O10. The number of hydrogen-bond acceptors (Lipinski definition) is 11. The fourth-order valence-corrected chi connectivity index (χ4v) is 15.2. The number of aliphatic carboxylic acids is 1. The molecule has 12 nitrogen and oxygen atoms in total. The van der Waals surface area contributed by atoms with Crippen molar-refractivity contribution in [3.8, 4) is 17.6 Å². The number of unbranched alkanes of at least 4 members (excludes halogenated alkanes) is 1. The molecule has 0 unspecified atom stereocenters. The molecule has 426 valence electrons. The Kier molecular flexibility index (Phi) is 20.3. The molecule has 12 atom stereocenters. The van der Waals surface area contributed by atoms with E-state index in [1.807, 2.05) is 50.3 Å². The number of carboxylic acids is 1. The second-order valence-electron chi connectivity index (χ2n) is 24.6. The molecule has 3 aromatic rings. The van der Waals surface area contributed by atoms with Crippen molar-refractivity contribution in [1.29, 1.82) is 0 Å². The predicted octanol–water partition coefficient (Wildman–Crippen LogP) is 8.75. The summed E-state index contributed by atoms with van der Waals surface area (Å²) in [5.41, 5.74) is 1.61. The Labute approximate surface area is 464 Å². The Morgan fingerprint density at radius 3 is 2.22 bits per heavy atom. The highest BCUT2D eigenvalue weighted by Crippen LogP contribution is 2.54. The SMILES string of the molecule is CCCC[C@H](O)[C@H](O)/C=C/C1=C(\C[C@H](O)CO)[C@H]2CC[C@H](O)[C@@H]3N[C@@H](C)CC[C@@H]([C@@H]3CC(=O)O)[C@H](O)C3(CCCCC3)c3ccc(cc3)C[C@]([C@@](C)(O)C3(c4ccc(O)cc4)CCCCC3)(CC#Cc3ccccc3CC1)N2. The maximum Gasteiger partial charge on any atom is 0.303 e. The van der Waals surface area contributed by atoms with Gasteiger partial charge in [-0.3, -0.25) is 4.79 Å². The topological polar surface area (TPSA) is 223 Å². The second-order valence-corrected chi connectivity index (χ2v) is 24.6. The normalized spacial score (nSPS) is 30.8. The molecule has 3 aromatic carbocycles. The van der Waals surface area contributed by atoms with Gasteiger partial charge in [0.1, 0.15) is 5.75 Å². The molecule has 0 amide bonds. The minimum atomic E-state index is -1.63. The number of carboxylic acid groups (broad SMARTS) is 1. The average Bonchev–Trinajstić information content (AvgIpc) is 3.67. The van der Waals surface area contributed by atoms with E-state index >= 15 is 0 Å². The van der Waals surface area contributed by atoms with Crippen LogP contribution in [0, 0.1) is 23.7 Å². The standard InChI is InChI=1S/C66H92N2O10/c1-4-5-18-57(72)58(73)33-24-48-23-22-47-16-9-8-15-46(47)17-14-39-66(63(3,78)65(37-12-7-13-38-65)50-27-29-51(70)30-28-50)42-45-20-25-49(26-21-45)64(35-10-6-11-36-64)62(77)53-31-19-44(2)67-61(55(53)41-60(75)76)59(74)34-32-56(68-66)54(48)40-52(71)43-69/h8-9,15-16,20-21,24-30,33,44,52-53,55-59,61-62,67-74,77-78H,4-7,10-13,18-19,22-23,31-32,34-43H2,1-3H3,(H,75,76)/b33-24+,54-48+/t44-,52-,53-,55-,56+,57-,58+,59-,61+,62-,63-,66-/m0/s1. The van der Waals surface area contributed by atoms with Gasteiger partial charge >= 0.3 is 5.97 Å². The van der Waals surface area contributed by atoms with Gasteiger partial charge in [-0.25, -0.2) is 0 Å². The molecule has 11 N–H and O–H groups in total. The molecule has 2 saturated carbocycles. The van der Waals surface area contributed by atoms with Crippen LogP contribution >= 0.6 is 0 Å². The lowest BCUT2D eigenvalue weighted by atomic mass is 9.52. The predicted molar refractivity (Wildman–Crippen MR) is 306 cm³/mol. The van der Waals surface area contributed by atoms with Crippen molar-refractivity contribution in [2.75, 3.05) is 6.61 Å². The van der Waals surface area contributed by atoms with Crippen LogP contribution in [0.1, 0.15) is 183 Å². The Balaban J connectivity index is 1.44. The third-order valence-electron chi connectivity index (χ3n) is 19.7. The highest BCUT2D eigenvalue weighted by Gasteiger charge is 2.61. The number of aromatic hydroxyl groups is 1. The zero-order valence-corrected chi connectivity index (χ0v) is 46.8. The maximum atomic E-state index is 14.6. The first-order chi connectivity index (χ1) is 37.5. The number of rotatable bonds is 14. The average molecular weight is 1070 g/mol. The molecule has 6 aliphatic rings. The summed E-state index contributed by atoms with van der Waals surface area (Å²) in [7, 11) is 0. The van der Waals surface area contributed by atoms with E-state index < -0.39 is 89.0 Å². The van der Waals surface area contributed by atoms with Crippen LogP contribution in [-0.2, 0) is 28.5 Å². The zero-order valence-electron chi connectivity index (χ0n) is 46.8. The number of phenols is 1. The van der Waals surface area contributed by atoms with Gasteiger partial charge in [-0.1, -0.05) is 137 Å². The van der Waals surface area contributed by atoms with Crippen molar-refractivity contribution in [1.82, 2.24) is 10.6 Å². The van der Waals surface area contributed by atoms with E-state index in [0.29, 0.717) is 50.5 Å². The summed E-state index contributed by atoms with van der Waals surface area (Å²) in [6.07, 6.45) is 11.1. The van der Waals surface area contributed by atoms with Crippen LogP contribution in [0.2, 0.25) is 0 Å². The van der Waals surface area contributed by atoms with Crippen LogP contribution in [0.4, 0.5) is 0 Å². The van der Waals surface area contributed by atoms with E-state index in [4.69, 9.17) is 0 Å². The molecule has 1 saturated heterocycles. The minimum absolute atomic E-state index is 0.0154. The molecule has 2 aliphatic carbocycles. The lowest BCUT2D eigenvalue weighted by Crippen LogP contribution is -2.73. The van der Waals surface area contributed by atoms with Crippen LogP contribution in [0.5, 0.6) is 5.75 Å². The number of benzene rings is 3. The van der Waals surface area contributed by atoms with Gasteiger partial charge in [0.15, 0.2) is 0 Å². The van der Waals surface area contributed by atoms with Gasteiger partial charge in [-0.15, -0.1) is 0 Å². The summed E-state index contributed by atoms with van der Waals surface area (Å²) in [6.45, 7) is 5.49. The maximum absolute atomic E-state index is 14.6. The van der Waals surface area contributed by atoms with Crippen LogP contribution in [0.15, 0.2) is 96.1 Å². The van der Waals surface area contributed by atoms with E-state index in [2.05, 4.69) is 59.7 Å². The number of fused-ring (bicyclic) bond motifs is 5. The molecule has 9 rings (SSSR count). The van der Waals surface area contributed by atoms with Crippen LogP contribution in [-0.4, -0.2) is 118 Å². The number of carbonyl (C=O) groups is 1. The number of hydrogen-bond donors (Lipinski definition) is 11. The van der Waals surface area contributed by atoms with Crippen LogP contribution in [0.3, 0.4) is 0 Å². The van der Waals surface area contributed by atoms with Gasteiger partial charge < -0.3 is 56.6 Å². The molecule has 0 aromatic heterocycles. The number of allylic oxidation sites excluding steroid dienone is 2. The summed E-state index contributed by atoms with van der Waals surface area (Å²) in [4.78, 5) is 13.1. The smallest absolute Gasteiger partial charge is 0.303 e. The van der Waals surface area contributed by atoms with Crippen LogP contribution in [0.25, 0.3) is 0 Å². The Hall–Kier alpha value is -4.39. The summed E-state index contributed by atoms with van der Waals surface area (Å²) in [5, 5.41) is 115. The quantitative estimate of drug-likeness (QED) is 0.0683. The van der Waals surface area contributed by atoms with Gasteiger partial charge in [0.25, 0.3) is 0 Å². The third kappa shape index (κ3) is 13.0. The summed E-state index contributed by atoms with van der Waals surface area (Å²) >= 11 is 0. The Morgan fingerprint density at radius 2 is 1.54 bits per heavy atom. The Morgan fingerprint density at radius 1 is 0.859 bits per heavy atom. The van der Waals surface area contributed by atoms with E-state index in [0.717, 1.165) is 97.6 Å². The summed E-state index contributed by atoms with van der Waals surface area (Å²) in [6, 6.07) is 22.3. The fourth-order valence-electron chi connectivity index (χ4n) is 15.2. The van der Waals surface area contributed by atoms with Gasteiger partial charge in [0, 0.05) is 40.9 Å². The van der Waals surface area contributed by atoms with Crippen molar-refractivity contribution < 1.29 is 50.8 Å². The monoisotopic (exact) mass is 1070 g/mol. The van der Waals surface area contributed by atoms with E-state index in [1.54, 1.807) is 18.2 Å². The molecule has 4 heterocycles. The number of phenolic OH excluding ortho intramolecular Hbond substituents is 1. The molecular weight excluding hydrogens is 981 g/mol. The summed E-state index contributed by atoms with van der Waals surface area (Å²) < 4.78 is 0. The van der Waals surface area contributed by atoms with Crippen molar-refractivity contribution in [2.45, 2.75) is 239 Å². The summed E-state index contributed by atoms with van der Waals surface area (Å²) in [5.74, 6) is 5.28. The number of aryl methyl sites for hydroxylation is 1. The first-order valence-corrected chi connectivity index (χ1v) is 29.8.